The number of hydrogen-bond donors (Lipinski definition) is 1. The van der Waals surface area contributed by atoms with Crippen LogP contribution in [-0.2, 0) is 0 Å². The first-order valence-electron chi connectivity index (χ1n) is 6.41. The monoisotopic (exact) mass is 375 g/mol. The van der Waals surface area contributed by atoms with Crippen LogP contribution in [-0.4, -0.2) is 19.2 Å². The van der Waals surface area contributed by atoms with E-state index in [1.54, 1.807) is 31.4 Å². The largest absolute Gasteiger partial charge is 0.496 e. The molecule has 0 aliphatic heterocycles. The molecule has 0 radical (unpaired) electrons. The number of carbonyl (C=O) groups excluding carboxylic acids is 1. The number of amides is 1. The number of ether oxygens (including phenoxy) is 1. The molecule has 0 aliphatic carbocycles. The Morgan fingerprint density at radius 3 is 2.78 bits per heavy atom. The molecule has 1 amide bonds. The zero-order valence-corrected chi connectivity index (χ0v) is 13.6. The Hall–Kier alpha value is -2.72. The van der Waals surface area contributed by atoms with Crippen molar-refractivity contribution >= 4 is 28.1 Å². The molecule has 0 bridgehead atoms. The van der Waals surface area contributed by atoms with Gasteiger partial charge in [-0.2, -0.15) is 10.4 Å². The number of hydrazone groups is 1. The van der Waals surface area contributed by atoms with E-state index in [-0.39, 0.29) is 11.1 Å². The van der Waals surface area contributed by atoms with Crippen LogP contribution in [0.15, 0.2) is 46.0 Å². The van der Waals surface area contributed by atoms with Gasteiger partial charge >= 0.3 is 0 Å². The zero-order valence-electron chi connectivity index (χ0n) is 12.0. The molecule has 2 aromatic carbocycles. The van der Waals surface area contributed by atoms with E-state index in [9.17, 15) is 9.18 Å². The maximum atomic E-state index is 13.7. The molecule has 0 saturated heterocycles. The standard InChI is InChI=1S/C16H11BrFN3O2/c1-23-15-5-3-11(6-13(15)17)9-20-21-16(22)12-4-2-10(8-19)7-14(12)18/h2-7,9H,1H3,(H,21,22)/b20-9-. The summed E-state index contributed by atoms with van der Waals surface area (Å²) in [4.78, 5) is 11.8. The molecule has 0 spiro atoms. The zero-order chi connectivity index (χ0) is 16.8. The van der Waals surface area contributed by atoms with E-state index in [1.807, 2.05) is 0 Å². The van der Waals surface area contributed by atoms with Crippen molar-refractivity contribution in [2.45, 2.75) is 0 Å². The summed E-state index contributed by atoms with van der Waals surface area (Å²) in [5, 5.41) is 12.4. The van der Waals surface area contributed by atoms with E-state index in [1.165, 1.54) is 18.3 Å². The van der Waals surface area contributed by atoms with E-state index in [2.05, 4.69) is 26.5 Å². The molecule has 2 rings (SSSR count). The fourth-order valence-corrected chi connectivity index (χ4v) is 2.32. The fraction of sp³-hybridized carbons (Fsp3) is 0.0625. The van der Waals surface area contributed by atoms with E-state index in [4.69, 9.17) is 10.00 Å². The lowest BCUT2D eigenvalue weighted by molar-refractivity contribution is 0.0951. The van der Waals surface area contributed by atoms with Gasteiger partial charge in [0.15, 0.2) is 0 Å². The second kappa shape index (κ2) is 7.51. The van der Waals surface area contributed by atoms with Gasteiger partial charge in [0.1, 0.15) is 11.6 Å². The molecular weight excluding hydrogens is 365 g/mol. The van der Waals surface area contributed by atoms with Crippen LogP contribution < -0.4 is 10.2 Å². The third-order valence-electron chi connectivity index (χ3n) is 2.90. The van der Waals surface area contributed by atoms with Crippen molar-refractivity contribution in [2.24, 2.45) is 5.10 Å². The van der Waals surface area contributed by atoms with Crippen LogP contribution in [0.3, 0.4) is 0 Å². The van der Waals surface area contributed by atoms with E-state index >= 15 is 0 Å². The van der Waals surface area contributed by atoms with Crippen LogP contribution in [0, 0.1) is 17.1 Å². The Balaban J connectivity index is 2.07. The summed E-state index contributed by atoms with van der Waals surface area (Å²) < 4.78 is 19.5. The second-order valence-corrected chi connectivity index (χ2v) is 5.25. The molecule has 0 saturated carbocycles. The summed E-state index contributed by atoms with van der Waals surface area (Å²) in [7, 11) is 1.56. The third-order valence-corrected chi connectivity index (χ3v) is 3.52. The van der Waals surface area contributed by atoms with Crippen molar-refractivity contribution in [3.8, 4) is 11.8 Å². The minimum absolute atomic E-state index is 0.144. The summed E-state index contributed by atoms with van der Waals surface area (Å²) in [6.45, 7) is 0. The van der Waals surface area contributed by atoms with Crippen molar-refractivity contribution in [1.29, 1.82) is 5.26 Å². The van der Waals surface area contributed by atoms with E-state index < -0.39 is 11.7 Å². The van der Waals surface area contributed by atoms with Crippen LogP contribution in [0.1, 0.15) is 21.5 Å². The second-order valence-electron chi connectivity index (χ2n) is 4.40. The van der Waals surface area contributed by atoms with Crippen LogP contribution in [0.4, 0.5) is 4.39 Å². The number of carbonyl (C=O) groups is 1. The molecule has 1 N–H and O–H groups in total. The summed E-state index contributed by atoms with van der Waals surface area (Å²) in [5.41, 5.74) is 2.92. The molecule has 0 fully saturated rings. The number of rotatable bonds is 4. The number of benzene rings is 2. The Morgan fingerprint density at radius 1 is 1.39 bits per heavy atom. The average Bonchev–Trinajstić information content (AvgIpc) is 2.54. The Morgan fingerprint density at radius 2 is 2.17 bits per heavy atom. The summed E-state index contributed by atoms with van der Waals surface area (Å²) >= 11 is 3.34. The Labute approximate surface area is 140 Å². The van der Waals surface area contributed by atoms with Crippen molar-refractivity contribution in [2.75, 3.05) is 7.11 Å². The average molecular weight is 376 g/mol. The first kappa shape index (κ1) is 16.6. The molecule has 2 aromatic rings. The molecule has 0 aliphatic rings. The summed E-state index contributed by atoms with van der Waals surface area (Å²) in [6.07, 6.45) is 1.42. The van der Waals surface area contributed by atoms with E-state index in [0.29, 0.717) is 5.75 Å². The molecule has 116 valence electrons. The molecule has 23 heavy (non-hydrogen) atoms. The molecule has 0 aromatic heterocycles. The molecule has 0 heterocycles. The Kier molecular flexibility index (Phi) is 5.44. The van der Waals surface area contributed by atoms with Crippen molar-refractivity contribution < 1.29 is 13.9 Å². The van der Waals surface area contributed by atoms with E-state index in [0.717, 1.165) is 16.1 Å². The minimum atomic E-state index is -0.774. The molecule has 7 heteroatoms. The molecule has 0 atom stereocenters. The van der Waals surface area contributed by atoms with Gasteiger partial charge < -0.3 is 4.74 Å². The van der Waals surface area contributed by atoms with Crippen molar-refractivity contribution in [1.82, 2.24) is 5.43 Å². The van der Waals surface area contributed by atoms with Crippen molar-refractivity contribution in [3.63, 3.8) is 0 Å². The first-order valence-corrected chi connectivity index (χ1v) is 7.21. The highest BCUT2D eigenvalue weighted by Crippen LogP contribution is 2.24. The lowest BCUT2D eigenvalue weighted by Gasteiger charge is -2.04. The molecule has 0 unspecified atom stereocenters. The third kappa shape index (κ3) is 4.14. The molecule has 5 nitrogen and oxygen atoms in total. The van der Waals surface area contributed by atoms with Crippen LogP contribution >= 0.6 is 15.9 Å². The molecular formula is C16H11BrFN3O2. The van der Waals surface area contributed by atoms with Gasteiger partial charge in [0, 0.05) is 0 Å². The highest BCUT2D eigenvalue weighted by molar-refractivity contribution is 9.10. The van der Waals surface area contributed by atoms with Gasteiger partial charge in [0.05, 0.1) is 35.0 Å². The maximum Gasteiger partial charge on any atom is 0.274 e. The lowest BCUT2D eigenvalue weighted by Crippen LogP contribution is -2.19. The van der Waals surface area contributed by atoms with Gasteiger partial charge in [0.25, 0.3) is 5.91 Å². The van der Waals surface area contributed by atoms with Gasteiger partial charge in [-0.25, -0.2) is 9.82 Å². The normalized spacial score (nSPS) is 10.3. The summed E-state index contributed by atoms with van der Waals surface area (Å²) in [6, 6.07) is 10.7. The van der Waals surface area contributed by atoms with Crippen LogP contribution in [0.25, 0.3) is 0 Å². The topological polar surface area (TPSA) is 74.5 Å². The number of halogens is 2. The van der Waals surface area contributed by atoms with Crippen LogP contribution in [0.5, 0.6) is 5.75 Å². The number of nitrogens with zero attached hydrogens (tertiary/aromatic N) is 2. The minimum Gasteiger partial charge on any atom is -0.496 e. The predicted molar refractivity (Wildman–Crippen MR) is 86.9 cm³/mol. The first-order chi connectivity index (χ1) is 11.0. The quantitative estimate of drug-likeness (QED) is 0.658. The van der Waals surface area contributed by atoms with Gasteiger partial charge in [-0.15, -0.1) is 0 Å². The predicted octanol–water partition coefficient (Wildman–Crippen LogP) is 3.23. The number of nitriles is 1. The Bertz CT molecular complexity index is 815. The highest BCUT2D eigenvalue weighted by Gasteiger charge is 2.11. The number of nitrogens with one attached hydrogen (secondary N) is 1. The van der Waals surface area contributed by atoms with Gasteiger partial charge in [0.2, 0.25) is 0 Å². The van der Waals surface area contributed by atoms with Gasteiger partial charge in [-0.1, -0.05) is 0 Å². The summed E-state index contributed by atoms with van der Waals surface area (Å²) in [5.74, 6) is -0.800. The number of hydrogen-bond acceptors (Lipinski definition) is 4. The lowest BCUT2D eigenvalue weighted by atomic mass is 10.1. The van der Waals surface area contributed by atoms with Crippen molar-refractivity contribution in [3.05, 3.63) is 63.4 Å². The number of methoxy groups -OCH3 is 1. The fourth-order valence-electron chi connectivity index (χ4n) is 1.76. The highest BCUT2D eigenvalue weighted by atomic mass is 79.9. The van der Waals surface area contributed by atoms with Crippen LogP contribution in [0.2, 0.25) is 0 Å². The SMILES string of the molecule is COc1ccc(/C=N\NC(=O)c2ccc(C#N)cc2F)cc1Br. The smallest absolute Gasteiger partial charge is 0.274 e. The van der Waals surface area contributed by atoms with Gasteiger partial charge in [-0.3, -0.25) is 4.79 Å². The maximum absolute atomic E-state index is 13.7. The van der Waals surface area contributed by atoms with Gasteiger partial charge in [-0.05, 0) is 57.9 Å².